The van der Waals surface area contributed by atoms with Crippen molar-refractivity contribution < 1.29 is 14.3 Å². The fourth-order valence-corrected chi connectivity index (χ4v) is 4.06. The van der Waals surface area contributed by atoms with Crippen LogP contribution in [0.1, 0.15) is 24.8 Å². The molecule has 0 aliphatic carbocycles. The molecule has 2 aromatic rings. The van der Waals surface area contributed by atoms with Gasteiger partial charge in [-0.3, -0.25) is 9.69 Å². The van der Waals surface area contributed by atoms with E-state index in [1.54, 1.807) is 36.4 Å². The van der Waals surface area contributed by atoms with Gasteiger partial charge < -0.3 is 10.0 Å². The third-order valence-corrected chi connectivity index (χ3v) is 5.96. The highest BCUT2D eigenvalue weighted by Gasteiger charge is 2.37. The highest BCUT2D eigenvalue weighted by atomic mass is 35.5. The van der Waals surface area contributed by atoms with Crippen molar-refractivity contribution in [2.24, 2.45) is 0 Å². The third-order valence-electron chi connectivity index (χ3n) is 5.22. The number of hydrogen-bond acceptors (Lipinski definition) is 3. The van der Waals surface area contributed by atoms with Gasteiger partial charge in [0.15, 0.2) is 0 Å². The molecule has 4 rings (SSSR count). The Hall–Kier alpha value is -1.82. The Balaban J connectivity index is 0.000000290. The fourth-order valence-electron chi connectivity index (χ4n) is 3.74. The molecule has 2 aliphatic rings. The quantitative estimate of drug-likeness (QED) is 0.739. The molecule has 0 radical (unpaired) electrons. The van der Waals surface area contributed by atoms with Crippen molar-refractivity contribution in [1.29, 1.82) is 0 Å². The number of aromatic hydroxyl groups is 1. The molecule has 0 aromatic heterocycles. The van der Waals surface area contributed by atoms with Crippen LogP contribution in [0.2, 0.25) is 10.0 Å². The summed E-state index contributed by atoms with van der Waals surface area (Å²) in [4.78, 5) is 16.4. The number of phenols is 1. The SMILES string of the molecule is O=C1C(N2CCCC(F)C2)CCN1Cc1ccc(Cl)c(Cl)c1.Oc1ccccc1. The number of hydrogen-bond donors (Lipinski definition) is 1. The molecule has 0 saturated carbocycles. The molecular weight excluding hydrogens is 414 g/mol. The van der Waals surface area contributed by atoms with Gasteiger partial charge in [-0.25, -0.2) is 4.39 Å². The second kappa shape index (κ2) is 10.3. The normalized spacial score (nSPS) is 22.3. The van der Waals surface area contributed by atoms with E-state index in [-0.39, 0.29) is 11.9 Å². The highest BCUT2D eigenvalue weighted by Crippen LogP contribution is 2.26. The number of benzene rings is 2. The molecule has 1 amide bonds. The largest absolute Gasteiger partial charge is 0.508 e. The van der Waals surface area contributed by atoms with E-state index in [0.29, 0.717) is 41.8 Å². The molecule has 29 heavy (non-hydrogen) atoms. The molecule has 156 valence electrons. The molecule has 2 saturated heterocycles. The average Bonchev–Trinajstić information content (AvgIpc) is 3.06. The van der Waals surface area contributed by atoms with Gasteiger partial charge in [-0.05, 0) is 55.6 Å². The van der Waals surface area contributed by atoms with Crippen LogP contribution >= 0.6 is 23.2 Å². The van der Waals surface area contributed by atoms with Crippen LogP contribution in [0, 0.1) is 0 Å². The second-order valence-corrected chi connectivity index (χ2v) is 8.20. The molecule has 4 nitrogen and oxygen atoms in total. The lowest BCUT2D eigenvalue weighted by atomic mass is 10.1. The van der Waals surface area contributed by atoms with Crippen LogP contribution in [0.4, 0.5) is 4.39 Å². The number of carbonyl (C=O) groups excluding carboxylic acids is 1. The Bertz CT molecular complexity index is 822. The number of carbonyl (C=O) groups is 1. The molecule has 2 heterocycles. The van der Waals surface area contributed by atoms with Gasteiger partial charge in [0.2, 0.25) is 5.91 Å². The lowest BCUT2D eigenvalue weighted by molar-refractivity contribution is -0.133. The van der Waals surface area contributed by atoms with Gasteiger partial charge in [0.25, 0.3) is 0 Å². The maximum Gasteiger partial charge on any atom is 0.240 e. The van der Waals surface area contributed by atoms with Crippen molar-refractivity contribution in [2.45, 2.75) is 38.0 Å². The second-order valence-electron chi connectivity index (χ2n) is 7.38. The summed E-state index contributed by atoms with van der Waals surface area (Å²) in [5, 5.41) is 9.64. The number of rotatable bonds is 3. The van der Waals surface area contributed by atoms with Gasteiger partial charge in [0, 0.05) is 19.6 Å². The standard InChI is InChI=1S/C16H19Cl2FN2O.C6H6O/c17-13-4-3-11(8-14(13)18)9-21-7-5-15(16(21)22)20-6-1-2-12(19)10-20;7-6-4-2-1-3-5-6/h3-4,8,12,15H,1-2,5-7,9-10H2;1-5,7H. The number of likely N-dealkylation sites (tertiary alicyclic amines) is 2. The summed E-state index contributed by atoms with van der Waals surface area (Å²) < 4.78 is 13.5. The predicted octanol–water partition coefficient (Wildman–Crippen LogP) is 4.92. The van der Waals surface area contributed by atoms with Crippen molar-refractivity contribution in [1.82, 2.24) is 9.80 Å². The van der Waals surface area contributed by atoms with Gasteiger partial charge in [-0.15, -0.1) is 0 Å². The van der Waals surface area contributed by atoms with Crippen LogP contribution in [0.5, 0.6) is 5.75 Å². The summed E-state index contributed by atoms with van der Waals surface area (Å²) in [6.45, 7) is 2.44. The van der Waals surface area contributed by atoms with Crippen molar-refractivity contribution >= 4 is 29.1 Å². The zero-order chi connectivity index (χ0) is 20.8. The Morgan fingerprint density at radius 2 is 1.79 bits per heavy atom. The third kappa shape index (κ3) is 6.08. The number of phenolic OH excluding ortho intramolecular Hbond substituents is 1. The van der Waals surface area contributed by atoms with Gasteiger partial charge in [-0.1, -0.05) is 47.5 Å². The number of nitrogens with zero attached hydrogens (tertiary/aromatic N) is 2. The van der Waals surface area contributed by atoms with E-state index in [1.165, 1.54) is 0 Å². The van der Waals surface area contributed by atoms with E-state index >= 15 is 0 Å². The monoisotopic (exact) mass is 438 g/mol. The predicted molar refractivity (Wildman–Crippen MR) is 114 cm³/mol. The maximum absolute atomic E-state index is 13.5. The van der Waals surface area contributed by atoms with E-state index in [1.807, 2.05) is 21.9 Å². The molecule has 2 atom stereocenters. The summed E-state index contributed by atoms with van der Waals surface area (Å²) in [5.74, 6) is 0.419. The van der Waals surface area contributed by atoms with Crippen LogP contribution in [0.25, 0.3) is 0 Å². The van der Waals surface area contributed by atoms with Crippen LogP contribution in [0.15, 0.2) is 48.5 Å². The molecular formula is C22H25Cl2FN2O2. The Kier molecular flexibility index (Phi) is 7.76. The molecule has 2 fully saturated rings. The van der Waals surface area contributed by atoms with Gasteiger partial charge in [0.1, 0.15) is 11.9 Å². The zero-order valence-corrected chi connectivity index (χ0v) is 17.6. The smallest absolute Gasteiger partial charge is 0.240 e. The van der Waals surface area contributed by atoms with Crippen LogP contribution in [0.3, 0.4) is 0 Å². The summed E-state index contributed by atoms with van der Waals surface area (Å²) in [6, 6.07) is 14.0. The Morgan fingerprint density at radius 1 is 1.03 bits per heavy atom. The number of piperidine rings is 1. The van der Waals surface area contributed by atoms with Crippen molar-refractivity contribution in [3.63, 3.8) is 0 Å². The summed E-state index contributed by atoms with van der Waals surface area (Å²) >= 11 is 11.9. The van der Waals surface area contributed by atoms with Crippen LogP contribution < -0.4 is 0 Å². The molecule has 2 aromatic carbocycles. The molecule has 0 spiro atoms. The van der Waals surface area contributed by atoms with Gasteiger partial charge in [-0.2, -0.15) is 0 Å². The van der Waals surface area contributed by atoms with E-state index in [0.717, 1.165) is 24.9 Å². The minimum Gasteiger partial charge on any atom is -0.508 e. The van der Waals surface area contributed by atoms with E-state index in [9.17, 15) is 9.18 Å². The Morgan fingerprint density at radius 3 is 2.41 bits per heavy atom. The Labute approximate surface area is 180 Å². The number of halogens is 3. The van der Waals surface area contributed by atoms with E-state index in [4.69, 9.17) is 28.3 Å². The zero-order valence-electron chi connectivity index (χ0n) is 16.1. The lowest BCUT2D eigenvalue weighted by Crippen LogP contribution is -2.47. The first-order valence-corrected chi connectivity index (χ1v) is 10.5. The highest BCUT2D eigenvalue weighted by molar-refractivity contribution is 6.42. The number of para-hydroxylation sites is 1. The fraction of sp³-hybridized carbons (Fsp3) is 0.409. The van der Waals surface area contributed by atoms with Crippen LogP contribution in [-0.4, -0.2) is 52.7 Å². The molecule has 2 aliphatic heterocycles. The average molecular weight is 439 g/mol. The minimum atomic E-state index is -0.800. The van der Waals surface area contributed by atoms with E-state index < -0.39 is 6.17 Å². The molecule has 2 unspecified atom stereocenters. The first-order chi connectivity index (χ1) is 13.9. The topological polar surface area (TPSA) is 43.8 Å². The minimum absolute atomic E-state index is 0.0974. The maximum atomic E-state index is 13.5. The summed E-state index contributed by atoms with van der Waals surface area (Å²) in [6.07, 6.45) is 1.42. The number of amides is 1. The van der Waals surface area contributed by atoms with Crippen molar-refractivity contribution in [3.05, 3.63) is 64.1 Å². The van der Waals surface area contributed by atoms with Gasteiger partial charge >= 0.3 is 0 Å². The lowest BCUT2D eigenvalue weighted by Gasteiger charge is -2.32. The molecule has 0 bridgehead atoms. The van der Waals surface area contributed by atoms with E-state index in [2.05, 4.69) is 0 Å². The first kappa shape index (κ1) is 21.9. The molecule has 7 heteroatoms. The van der Waals surface area contributed by atoms with Crippen molar-refractivity contribution in [3.8, 4) is 5.75 Å². The number of alkyl halides is 1. The molecule has 1 N–H and O–H groups in total. The van der Waals surface area contributed by atoms with Crippen molar-refractivity contribution in [2.75, 3.05) is 19.6 Å². The first-order valence-electron chi connectivity index (χ1n) is 9.79. The summed E-state index contributed by atoms with van der Waals surface area (Å²) in [7, 11) is 0. The van der Waals surface area contributed by atoms with Gasteiger partial charge in [0.05, 0.1) is 16.1 Å². The van der Waals surface area contributed by atoms with Crippen LogP contribution in [-0.2, 0) is 11.3 Å². The summed E-state index contributed by atoms with van der Waals surface area (Å²) in [5.41, 5.74) is 0.963.